The highest BCUT2D eigenvalue weighted by molar-refractivity contribution is 7.90. The molecule has 4 rings (SSSR count). The van der Waals surface area contributed by atoms with Crippen LogP contribution in [0.5, 0.6) is 11.5 Å². The second kappa shape index (κ2) is 5.38. The Kier molecular flexibility index (Phi) is 3.46. The summed E-state index contributed by atoms with van der Waals surface area (Å²) in [6.45, 7) is 1.21. The fourth-order valence-electron chi connectivity index (χ4n) is 2.77. The molecule has 2 aliphatic heterocycles. The van der Waals surface area contributed by atoms with E-state index in [1.165, 1.54) is 4.31 Å². The average molecular weight is 338 g/mol. The number of hydrogen-bond donors (Lipinski definition) is 1. The minimum Gasteiger partial charge on any atom is -0.454 e. The van der Waals surface area contributed by atoms with Gasteiger partial charge in [0.05, 0.1) is 11.2 Å². The Morgan fingerprint density at radius 2 is 1.96 bits per heavy atom. The predicted octanol–water partition coefficient (Wildman–Crippen LogP) is 0.455. The Morgan fingerprint density at radius 1 is 1.22 bits per heavy atom. The summed E-state index contributed by atoms with van der Waals surface area (Å²) in [5.74, 6) is 1.03. The molecule has 7 nitrogen and oxygen atoms in total. The van der Waals surface area contributed by atoms with E-state index in [0.29, 0.717) is 31.1 Å². The van der Waals surface area contributed by atoms with Crippen molar-refractivity contribution in [3.63, 3.8) is 0 Å². The van der Waals surface area contributed by atoms with Crippen LogP contribution >= 0.6 is 0 Å². The molecule has 2 heterocycles. The van der Waals surface area contributed by atoms with Crippen LogP contribution in [0.2, 0.25) is 0 Å². The van der Waals surface area contributed by atoms with E-state index in [9.17, 15) is 13.2 Å². The maximum atomic E-state index is 12.1. The van der Waals surface area contributed by atoms with Gasteiger partial charge in [-0.3, -0.25) is 4.79 Å². The van der Waals surface area contributed by atoms with E-state index in [1.54, 1.807) is 0 Å². The van der Waals surface area contributed by atoms with E-state index in [0.717, 1.165) is 18.4 Å². The minimum atomic E-state index is -3.15. The highest BCUT2D eigenvalue weighted by atomic mass is 32.2. The number of amides is 1. The van der Waals surface area contributed by atoms with Gasteiger partial charge in [0.2, 0.25) is 22.7 Å². The molecule has 2 fully saturated rings. The van der Waals surface area contributed by atoms with Gasteiger partial charge in [-0.25, -0.2) is 8.42 Å². The normalized spacial score (nSPS) is 21.0. The molecule has 1 N–H and O–H groups in total. The molecule has 1 aromatic rings. The third-order valence-electron chi connectivity index (χ3n) is 4.43. The van der Waals surface area contributed by atoms with E-state index in [-0.39, 0.29) is 23.9 Å². The summed E-state index contributed by atoms with van der Waals surface area (Å²) in [7, 11) is -3.15. The standard InChI is InChI=1S/C15H18N2O5S/c18-15(11-7-17(8-11)23(19,20)12-2-3-12)16-6-10-1-4-13-14(5-10)22-9-21-13/h1,4-5,11-12H,2-3,6-9H2,(H,16,18). The summed E-state index contributed by atoms with van der Waals surface area (Å²) >= 11 is 0. The molecule has 0 bridgehead atoms. The number of carbonyl (C=O) groups excluding carboxylic acids is 1. The van der Waals surface area contributed by atoms with Crippen LogP contribution in [-0.4, -0.2) is 43.8 Å². The smallest absolute Gasteiger partial charge is 0.231 e. The summed E-state index contributed by atoms with van der Waals surface area (Å²) in [5, 5.41) is 2.64. The minimum absolute atomic E-state index is 0.107. The van der Waals surface area contributed by atoms with Crippen molar-refractivity contribution in [3.8, 4) is 11.5 Å². The first kappa shape index (κ1) is 14.8. The van der Waals surface area contributed by atoms with E-state index in [2.05, 4.69) is 5.32 Å². The zero-order chi connectivity index (χ0) is 16.0. The predicted molar refractivity (Wildman–Crippen MR) is 81.4 cm³/mol. The molecule has 1 aromatic carbocycles. The number of carbonyl (C=O) groups is 1. The largest absolute Gasteiger partial charge is 0.454 e. The summed E-state index contributed by atoms with van der Waals surface area (Å²) in [6.07, 6.45) is 1.50. The van der Waals surface area contributed by atoms with Crippen LogP contribution in [0, 0.1) is 5.92 Å². The quantitative estimate of drug-likeness (QED) is 0.843. The van der Waals surface area contributed by atoms with Crippen molar-refractivity contribution < 1.29 is 22.7 Å². The fraction of sp³-hybridized carbons (Fsp3) is 0.533. The van der Waals surface area contributed by atoms with Crippen molar-refractivity contribution in [2.45, 2.75) is 24.6 Å². The monoisotopic (exact) mass is 338 g/mol. The van der Waals surface area contributed by atoms with Gasteiger partial charge in [0.1, 0.15) is 0 Å². The Balaban J connectivity index is 1.28. The third-order valence-corrected chi connectivity index (χ3v) is 6.76. The van der Waals surface area contributed by atoms with Gasteiger partial charge >= 0.3 is 0 Å². The second-order valence-corrected chi connectivity index (χ2v) is 8.38. The third kappa shape index (κ3) is 2.76. The van der Waals surface area contributed by atoms with Gasteiger partial charge in [0, 0.05) is 19.6 Å². The van der Waals surface area contributed by atoms with Gasteiger partial charge in [-0.05, 0) is 30.5 Å². The summed E-state index contributed by atoms with van der Waals surface area (Å²) in [5.41, 5.74) is 0.921. The van der Waals surface area contributed by atoms with Crippen LogP contribution in [0.4, 0.5) is 0 Å². The fourth-order valence-corrected chi connectivity index (χ4v) is 4.70. The van der Waals surface area contributed by atoms with Gasteiger partial charge in [-0.15, -0.1) is 0 Å². The Bertz CT molecular complexity index is 738. The maximum Gasteiger partial charge on any atom is 0.231 e. The number of fused-ring (bicyclic) bond motifs is 1. The molecule has 0 aromatic heterocycles. The van der Waals surface area contributed by atoms with Gasteiger partial charge < -0.3 is 14.8 Å². The maximum absolute atomic E-state index is 12.1. The molecule has 8 heteroatoms. The first-order valence-corrected chi connectivity index (χ1v) is 9.19. The SMILES string of the molecule is O=C(NCc1ccc2c(c1)OCO2)C1CN(S(=O)(=O)C2CC2)C1. The number of nitrogens with zero attached hydrogens (tertiary/aromatic N) is 1. The zero-order valence-corrected chi connectivity index (χ0v) is 13.3. The number of sulfonamides is 1. The zero-order valence-electron chi connectivity index (χ0n) is 12.5. The van der Waals surface area contributed by atoms with E-state index in [1.807, 2.05) is 18.2 Å². The molecule has 0 unspecified atom stereocenters. The molecular weight excluding hydrogens is 320 g/mol. The number of hydrogen-bond acceptors (Lipinski definition) is 5. The molecule has 0 atom stereocenters. The molecule has 1 aliphatic carbocycles. The topological polar surface area (TPSA) is 84.9 Å². The van der Waals surface area contributed by atoms with Crippen molar-refractivity contribution in [1.29, 1.82) is 0 Å². The van der Waals surface area contributed by atoms with E-state index >= 15 is 0 Å². The van der Waals surface area contributed by atoms with Gasteiger partial charge in [-0.1, -0.05) is 6.07 Å². The van der Waals surface area contributed by atoms with Crippen molar-refractivity contribution >= 4 is 15.9 Å². The van der Waals surface area contributed by atoms with Crippen molar-refractivity contribution in [2.24, 2.45) is 5.92 Å². The van der Waals surface area contributed by atoms with Gasteiger partial charge in [0.25, 0.3) is 0 Å². The average Bonchev–Trinajstić information content (AvgIpc) is 3.23. The van der Waals surface area contributed by atoms with Crippen LogP contribution in [-0.2, 0) is 21.4 Å². The van der Waals surface area contributed by atoms with Crippen molar-refractivity contribution in [3.05, 3.63) is 23.8 Å². The van der Waals surface area contributed by atoms with Crippen LogP contribution < -0.4 is 14.8 Å². The molecule has 124 valence electrons. The first-order chi connectivity index (χ1) is 11.0. The second-order valence-electron chi connectivity index (χ2n) is 6.16. The number of ether oxygens (including phenoxy) is 2. The molecule has 1 saturated carbocycles. The Labute approximate surface area is 134 Å². The van der Waals surface area contributed by atoms with Crippen LogP contribution in [0.25, 0.3) is 0 Å². The van der Waals surface area contributed by atoms with Gasteiger partial charge in [-0.2, -0.15) is 4.31 Å². The number of rotatable bonds is 5. The Hall–Kier alpha value is -1.80. The molecule has 0 spiro atoms. The van der Waals surface area contributed by atoms with Crippen molar-refractivity contribution in [1.82, 2.24) is 9.62 Å². The highest BCUT2D eigenvalue weighted by Gasteiger charge is 2.46. The van der Waals surface area contributed by atoms with E-state index in [4.69, 9.17) is 9.47 Å². The number of nitrogens with one attached hydrogen (secondary N) is 1. The molecule has 0 radical (unpaired) electrons. The molecular formula is C15H18N2O5S. The molecule has 23 heavy (non-hydrogen) atoms. The molecule has 1 saturated heterocycles. The molecule has 3 aliphatic rings. The first-order valence-electron chi connectivity index (χ1n) is 7.69. The lowest BCUT2D eigenvalue weighted by Crippen LogP contribution is -2.56. The lowest BCUT2D eigenvalue weighted by molar-refractivity contribution is -0.128. The van der Waals surface area contributed by atoms with Crippen LogP contribution in [0.1, 0.15) is 18.4 Å². The molecule has 1 amide bonds. The van der Waals surface area contributed by atoms with Crippen LogP contribution in [0.3, 0.4) is 0 Å². The van der Waals surface area contributed by atoms with Crippen molar-refractivity contribution in [2.75, 3.05) is 19.9 Å². The summed E-state index contributed by atoms with van der Waals surface area (Å²) in [6, 6.07) is 5.53. The lowest BCUT2D eigenvalue weighted by atomic mass is 10.0. The summed E-state index contributed by atoms with van der Waals surface area (Å²) in [4.78, 5) is 12.1. The van der Waals surface area contributed by atoms with Crippen LogP contribution in [0.15, 0.2) is 18.2 Å². The van der Waals surface area contributed by atoms with E-state index < -0.39 is 10.0 Å². The van der Waals surface area contributed by atoms with Gasteiger partial charge in [0.15, 0.2) is 11.5 Å². The Morgan fingerprint density at radius 3 is 2.70 bits per heavy atom. The lowest BCUT2D eigenvalue weighted by Gasteiger charge is -2.37. The number of benzene rings is 1. The highest BCUT2D eigenvalue weighted by Crippen LogP contribution is 2.35. The summed E-state index contributed by atoms with van der Waals surface area (Å²) < 4.78 is 36.0.